The normalized spacial score (nSPS) is 11.3. The molecule has 0 fully saturated rings. The molecule has 0 aliphatic carbocycles. The Morgan fingerprint density at radius 3 is 2.59 bits per heavy atom. The minimum atomic E-state index is -4.58. The zero-order chi connectivity index (χ0) is 13.1. The van der Waals surface area contributed by atoms with Gasteiger partial charge in [-0.15, -0.1) is 0 Å². The molecular weight excluding hydrogens is 257 g/mol. The van der Waals surface area contributed by atoms with Crippen LogP contribution in [0.5, 0.6) is 5.88 Å². The van der Waals surface area contributed by atoms with Crippen LogP contribution in [-0.4, -0.2) is 28.3 Å². The third-order valence-electron chi connectivity index (χ3n) is 1.75. The van der Waals surface area contributed by atoms with E-state index in [1.165, 1.54) is 0 Å². The van der Waals surface area contributed by atoms with E-state index in [0.717, 1.165) is 12.1 Å². The van der Waals surface area contributed by atoms with Gasteiger partial charge in [0.25, 0.3) is 0 Å². The van der Waals surface area contributed by atoms with E-state index in [2.05, 4.69) is 17.2 Å². The van der Waals surface area contributed by atoms with Crippen LogP contribution in [0.4, 0.5) is 13.2 Å². The Labute approximate surface area is 100 Å². The van der Waals surface area contributed by atoms with Gasteiger partial charge >= 0.3 is 6.18 Å². The fourth-order valence-corrected chi connectivity index (χ4v) is 1.19. The molecule has 3 N–H and O–H groups in total. The van der Waals surface area contributed by atoms with Crippen LogP contribution < -0.4 is 10.5 Å². The highest BCUT2D eigenvalue weighted by Crippen LogP contribution is 2.30. The Bertz CT molecular complexity index is 423. The summed E-state index contributed by atoms with van der Waals surface area (Å²) >= 11 is 4.65. The lowest BCUT2D eigenvalue weighted by Gasteiger charge is -2.11. The molecule has 1 heterocycles. The fourth-order valence-electron chi connectivity index (χ4n) is 1.04. The first-order valence-electron chi connectivity index (χ1n) is 4.48. The summed E-state index contributed by atoms with van der Waals surface area (Å²) < 4.78 is 42.0. The molecule has 0 atom stereocenters. The highest BCUT2D eigenvalue weighted by molar-refractivity contribution is 7.80. The molecule has 0 spiro atoms. The van der Waals surface area contributed by atoms with Gasteiger partial charge < -0.3 is 15.6 Å². The summed E-state index contributed by atoms with van der Waals surface area (Å²) in [5.74, 6) is -0.332. The molecule has 0 saturated carbocycles. The van der Waals surface area contributed by atoms with Crippen LogP contribution in [0.3, 0.4) is 0 Å². The van der Waals surface area contributed by atoms with E-state index in [1.54, 1.807) is 0 Å². The van der Waals surface area contributed by atoms with Gasteiger partial charge in [0.15, 0.2) is 0 Å². The molecule has 4 nitrogen and oxygen atoms in total. The first-order chi connectivity index (χ1) is 7.86. The molecule has 0 aliphatic rings. The first kappa shape index (κ1) is 13.7. The Kier molecular flexibility index (Phi) is 4.24. The number of aliphatic hydroxyl groups is 1. The van der Waals surface area contributed by atoms with Crippen LogP contribution in [-0.2, 0) is 6.18 Å². The van der Waals surface area contributed by atoms with Crippen molar-refractivity contribution in [2.45, 2.75) is 6.18 Å². The van der Waals surface area contributed by atoms with Crippen molar-refractivity contribution < 1.29 is 23.0 Å². The van der Waals surface area contributed by atoms with Gasteiger partial charge in [-0.3, -0.25) is 0 Å². The molecule has 0 bridgehead atoms. The minimum Gasteiger partial charge on any atom is -0.475 e. The molecule has 1 aromatic heterocycles. The third-order valence-corrected chi connectivity index (χ3v) is 1.97. The number of alkyl halides is 3. The number of hydrogen-bond donors (Lipinski definition) is 2. The van der Waals surface area contributed by atoms with Gasteiger partial charge in [-0.25, -0.2) is 4.98 Å². The van der Waals surface area contributed by atoms with Gasteiger partial charge in [-0.2, -0.15) is 13.2 Å². The number of hydrogen-bond acceptors (Lipinski definition) is 4. The smallest absolute Gasteiger partial charge is 0.433 e. The zero-order valence-electron chi connectivity index (χ0n) is 8.49. The number of ether oxygens (including phenoxy) is 1. The Morgan fingerprint density at radius 1 is 1.47 bits per heavy atom. The molecule has 8 heteroatoms. The van der Waals surface area contributed by atoms with E-state index < -0.39 is 11.9 Å². The minimum absolute atomic E-state index is 0.0986. The van der Waals surface area contributed by atoms with Crippen molar-refractivity contribution in [3.63, 3.8) is 0 Å². The van der Waals surface area contributed by atoms with Crippen LogP contribution in [0, 0.1) is 0 Å². The van der Waals surface area contributed by atoms with Crippen LogP contribution in [0.2, 0.25) is 0 Å². The summed E-state index contributed by atoms with van der Waals surface area (Å²) in [5.41, 5.74) is 4.31. The van der Waals surface area contributed by atoms with Gasteiger partial charge in [-0.1, -0.05) is 12.2 Å². The molecular formula is C9H9F3N2O2S. The number of nitrogens with zero attached hydrogens (tertiary/aromatic N) is 1. The van der Waals surface area contributed by atoms with E-state index in [-0.39, 0.29) is 29.6 Å². The van der Waals surface area contributed by atoms with Crippen LogP contribution in [0.1, 0.15) is 11.3 Å². The Balaban J connectivity index is 3.14. The maximum absolute atomic E-state index is 12.4. The molecule has 0 aliphatic heterocycles. The predicted molar refractivity (Wildman–Crippen MR) is 57.7 cm³/mol. The third kappa shape index (κ3) is 3.53. The summed E-state index contributed by atoms with van der Waals surface area (Å²) in [5, 5.41) is 8.55. The van der Waals surface area contributed by atoms with Crippen molar-refractivity contribution >= 4 is 17.2 Å². The van der Waals surface area contributed by atoms with Crippen molar-refractivity contribution in [2.75, 3.05) is 13.2 Å². The van der Waals surface area contributed by atoms with Crippen LogP contribution in [0.25, 0.3) is 0 Å². The number of aliphatic hydroxyl groups excluding tert-OH is 1. The van der Waals surface area contributed by atoms with Gasteiger partial charge in [0.1, 0.15) is 17.3 Å². The van der Waals surface area contributed by atoms with E-state index in [9.17, 15) is 13.2 Å². The second-order valence-electron chi connectivity index (χ2n) is 2.98. The highest BCUT2D eigenvalue weighted by Gasteiger charge is 2.33. The molecule has 0 unspecified atom stereocenters. The number of halogens is 3. The summed E-state index contributed by atoms with van der Waals surface area (Å²) in [4.78, 5) is 3.15. The SMILES string of the molecule is NC(=S)c1ccc(C(F)(F)F)nc1OCCO. The number of nitrogens with two attached hydrogens (primary N) is 1. The summed E-state index contributed by atoms with van der Waals surface area (Å²) in [6.45, 7) is -0.543. The Hall–Kier alpha value is -1.41. The van der Waals surface area contributed by atoms with E-state index in [4.69, 9.17) is 15.6 Å². The number of thiocarbonyl (C=S) groups is 1. The van der Waals surface area contributed by atoms with E-state index in [1.807, 2.05) is 0 Å². The van der Waals surface area contributed by atoms with Gasteiger partial charge in [0.2, 0.25) is 5.88 Å². The van der Waals surface area contributed by atoms with Crippen molar-refractivity contribution in [3.8, 4) is 5.88 Å². The molecule has 17 heavy (non-hydrogen) atoms. The summed E-state index contributed by atoms with van der Waals surface area (Å²) in [6, 6.07) is 1.85. The second kappa shape index (κ2) is 5.28. The first-order valence-corrected chi connectivity index (χ1v) is 4.88. The fraction of sp³-hybridized carbons (Fsp3) is 0.333. The quantitative estimate of drug-likeness (QED) is 0.799. The van der Waals surface area contributed by atoms with Crippen molar-refractivity contribution in [2.24, 2.45) is 5.73 Å². The molecule has 1 rings (SSSR count). The van der Waals surface area contributed by atoms with E-state index >= 15 is 0 Å². The maximum atomic E-state index is 12.4. The second-order valence-corrected chi connectivity index (χ2v) is 3.42. The predicted octanol–water partition coefficient (Wildman–Crippen LogP) is 1.11. The summed E-state index contributed by atoms with van der Waals surface area (Å²) in [7, 11) is 0. The molecule has 0 saturated heterocycles. The standard InChI is InChI=1S/C9H9F3N2O2S/c10-9(11,12)6-2-1-5(7(13)17)8(14-6)16-4-3-15/h1-2,15H,3-4H2,(H2,13,17). The molecule has 0 aromatic carbocycles. The van der Waals surface area contributed by atoms with Gasteiger partial charge in [0, 0.05) is 0 Å². The number of aromatic nitrogens is 1. The molecule has 94 valence electrons. The molecule has 1 aromatic rings. The number of rotatable bonds is 4. The highest BCUT2D eigenvalue weighted by atomic mass is 32.1. The topological polar surface area (TPSA) is 68.4 Å². The van der Waals surface area contributed by atoms with Gasteiger partial charge in [0.05, 0.1) is 12.2 Å². The average molecular weight is 266 g/mol. The maximum Gasteiger partial charge on any atom is 0.433 e. The largest absolute Gasteiger partial charge is 0.475 e. The molecule has 0 radical (unpaired) electrons. The van der Waals surface area contributed by atoms with E-state index in [0.29, 0.717) is 0 Å². The van der Waals surface area contributed by atoms with Crippen molar-refractivity contribution in [3.05, 3.63) is 23.4 Å². The zero-order valence-corrected chi connectivity index (χ0v) is 9.31. The molecule has 0 amide bonds. The number of pyridine rings is 1. The monoisotopic (exact) mass is 266 g/mol. The lowest BCUT2D eigenvalue weighted by molar-refractivity contribution is -0.141. The van der Waals surface area contributed by atoms with Crippen molar-refractivity contribution in [1.82, 2.24) is 4.98 Å². The van der Waals surface area contributed by atoms with Crippen LogP contribution in [0.15, 0.2) is 12.1 Å². The Morgan fingerprint density at radius 2 is 2.12 bits per heavy atom. The van der Waals surface area contributed by atoms with Gasteiger partial charge in [-0.05, 0) is 12.1 Å². The van der Waals surface area contributed by atoms with Crippen LogP contribution >= 0.6 is 12.2 Å². The lowest BCUT2D eigenvalue weighted by atomic mass is 10.2. The van der Waals surface area contributed by atoms with Crippen molar-refractivity contribution in [1.29, 1.82) is 0 Å². The summed E-state index contributed by atoms with van der Waals surface area (Å²) in [6.07, 6.45) is -4.58. The average Bonchev–Trinajstić information content (AvgIpc) is 2.24. The lowest BCUT2D eigenvalue weighted by Crippen LogP contribution is -2.17.